The van der Waals surface area contributed by atoms with Gasteiger partial charge in [0.05, 0.1) is 13.2 Å². The molecule has 1 rings (SSSR count). The maximum absolute atomic E-state index is 14.1. The molecule has 1 aromatic rings. The van der Waals surface area contributed by atoms with E-state index in [1.165, 1.54) is 32.2 Å². The molecule has 19 heavy (non-hydrogen) atoms. The first-order chi connectivity index (χ1) is 8.89. The van der Waals surface area contributed by atoms with Crippen LogP contribution in [0.2, 0.25) is 0 Å². The second-order valence-electron chi connectivity index (χ2n) is 3.61. The Morgan fingerprint density at radius 2 is 2.00 bits per heavy atom. The van der Waals surface area contributed by atoms with Crippen LogP contribution in [0.1, 0.15) is 25.5 Å². The molecule has 0 amide bonds. The van der Waals surface area contributed by atoms with E-state index in [0.717, 1.165) is 6.20 Å². The van der Waals surface area contributed by atoms with E-state index in [9.17, 15) is 18.5 Å². The molecule has 8 heteroatoms. The highest BCUT2D eigenvalue weighted by Gasteiger charge is 2.59. The van der Waals surface area contributed by atoms with Crippen LogP contribution in [0.5, 0.6) is 0 Å². The zero-order valence-corrected chi connectivity index (χ0v) is 11.5. The number of aromatic nitrogens is 1. The van der Waals surface area contributed by atoms with Gasteiger partial charge in [-0.25, -0.2) is 0 Å². The number of aliphatic hydroxyl groups is 1. The van der Waals surface area contributed by atoms with Gasteiger partial charge in [-0.2, -0.15) is 8.78 Å². The lowest BCUT2D eigenvalue weighted by atomic mass is 10.2. The van der Waals surface area contributed by atoms with E-state index in [0.29, 0.717) is 0 Å². The first-order valence-corrected chi connectivity index (χ1v) is 7.28. The van der Waals surface area contributed by atoms with Crippen LogP contribution >= 0.6 is 7.60 Å². The maximum Gasteiger partial charge on any atom is 0.402 e. The first-order valence-electron chi connectivity index (χ1n) is 5.74. The Kier molecular flexibility index (Phi) is 5.55. The SMILES string of the molecule is CCOP(=O)(OCC)C(F)(F)[C@H](O)c1cccnc1. The number of rotatable bonds is 7. The monoisotopic (exact) mass is 295 g/mol. The Bertz CT molecular complexity index is 434. The number of alkyl halides is 2. The number of aliphatic hydroxyl groups excluding tert-OH is 1. The van der Waals surface area contributed by atoms with Gasteiger partial charge in [0, 0.05) is 18.0 Å². The average Bonchev–Trinajstić information content (AvgIpc) is 2.39. The zero-order chi connectivity index (χ0) is 14.5. The fourth-order valence-electron chi connectivity index (χ4n) is 1.44. The maximum atomic E-state index is 14.1. The highest BCUT2D eigenvalue weighted by molar-refractivity contribution is 7.55. The number of hydrogen-bond acceptors (Lipinski definition) is 5. The Labute approximate surface area is 110 Å². The van der Waals surface area contributed by atoms with Crippen molar-refractivity contribution < 1.29 is 27.5 Å². The Balaban J connectivity index is 3.09. The smallest absolute Gasteiger partial charge is 0.381 e. The van der Waals surface area contributed by atoms with Crippen LogP contribution in [-0.2, 0) is 13.6 Å². The van der Waals surface area contributed by atoms with Crippen molar-refractivity contribution in [2.24, 2.45) is 0 Å². The van der Waals surface area contributed by atoms with Gasteiger partial charge in [0.1, 0.15) is 0 Å². The third-order valence-electron chi connectivity index (χ3n) is 2.29. The molecule has 0 fully saturated rings. The summed E-state index contributed by atoms with van der Waals surface area (Å²) in [7, 11) is -4.75. The second kappa shape index (κ2) is 6.52. The number of halogens is 2. The summed E-state index contributed by atoms with van der Waals surface area (Å²) in [6.07, 6.45) is 0.130. The molecule has 0 bridgehead atoms. The number of hydrogen-bond donors (Lipinski definition) is 1. The Morgan fingerprint density at radius 3 is 2.42 bits per heavy atom. The molecule has 0 unspecified atom stereocenters. The fraction of sp³-hybridized carbons (Fsp3) is 0.545. The summed E-state index contributed by atoms with van der Waals surface area (Å²) in [5, 5.41) is 9.71. The van der Waals surface area contributed by atoms with E-state index < -0.39 is 19.4 Å². The summed E-state index contributed by atoms with van der Waals surface area (Å²) < 4.78 is 49.5. The molecule has 108 valence electrons. The van der Waals surface area contributed by atoms with Crippen LogP contribution in [0.3, 0.4) is 0 Å². The Hall–Kier alpha value is -0.880. The molecule has 1 atom stereocenters. The molecular weight excluding hydrogens is 279 g/mol. The van der Waals surface area contributed by atoms with Crippen LogP contribution in [0, 0.1) is 0 Å². The molecule has 1 heterocycles. The van der Waals surface area contributed by atoms with Crippen molar-refractivity contribution in [3.05, 3.63) is 30.1 Å². The van der Waals surface area contributed by atoms with Crippen LogP contribution in [0.15, 0.2) is 24.5 Å². The van der Waals surface area contributed by atoms with E-state index in [1.54, 1.807) is 0 Å². The van der Waals surface area contributed by atoms with Crippen LogP contribution in [0.4, 0.5) is 8.78 Å². The van der Waals surface area contributed by atoms with Crippen LogP contribution in [0.25, 0.3) is 0 Å². The van der Waals surface area contributed by atoms with Gasteiger partial charge in [-0.15, -0.1) is 0 Å². The van der Waals surface area contributed by atoms with Crippen molar-refractivity contribution in [2.75, 3.05) is 13.2 Å². The molecule has 1 aromatic heterocycles. The molecule has 1 N–H and O–H groups in total. The fourth-order valence-corrected chi connectivity index (χ4v) is 2.98. The van der Waals surface area contributed by atoms with Crippen molar-refractivity contribution >= 4 is 7.60 Å². The first kappa shape index (κ1) is 16.2. The van der Waals surface area contributed by atoms with Gasteiger partial charge in [0.25, 0.3) is 0 Å². The van der Waals surface area contributed by atoms with Gasteiger partial charge in [-0.05, 0) is 19.9 Å². The minimum Gasteiger partial charge on any atom is -0.381 e. The average molecular weight is 295 g/mol. The van der Waals surface area contributed by atoms with Gasteiger partial charge in [-0.1, -0.05) is 6.07 Å². The van der Waals surface area contributed by atoms with Gasteiger partial charge in [-0.3, -0.25) is 9.55 Å². The van der Waals surface area contributed by atoms with E-state index in [4.69, 9.17) is 0 Å². The van der Waals surface area contributed by atoms with Crippen molar-refractivity contribution in [1.29, 1.82) is 0 Å². The molecule has 0 aliphatic carbocycles. The standard InChI is InChI=1S/C11H16F2NO4P/c1-3-17-19(16,18-4-2)11(12,13)10(15)9-6-5-7-14-8-9/h5-8,10,15H,3-4H2,1-2H3/t10-/m1/s1. The molecule has 5 nitrogen and oxygen atoms in total. The number of pyridine rings is 1. The molecule has 0 aliphatic rings. The largest absolute Gasteiger partial charge is 0.402 e. The van der Waals surface area contributed by atoms with Gasteiger partial charge in [0.15, 0.2) is 6.10 Å². The summed E-state index contributed by atoms with van der Waals surface area (Å²) in [5.74, 6) is 0. The lowest BCUT2D eigenvalue weighted by molar-refractivity contribution is -0.0677. The molecular formula is C11H16F2NO4P. The van der Waals surface area contributed by atoms with Crippen molar-refractivity contribution in [1.82, 2.24) is 4.98 Å². The third-order valence-corrected chi connectivity index (χ3v) is 4.46. The highest BCUT2D eigenvalue weighted by atomic mass is 31.2. The summed E-state index contributed by atoms with van der Waals surface area (Å²) in [6, 6.07) is 2.65. The minimum absolute atomic E-state index is 0.160. The molecule has 0 radical (unpaired) electrons. The zero-order valence-electron chi connectivity index (χ0n) is 10.6. The van der Waals surface area contributed by atoms with Crippen molar-refractivity contribution in [2.45, 2.75) is 25.6 Å². The summed E-state index contributed by atoms with van der Waals surface area (Å²) in [5.41, 5.74) is -4.21. The predicted molar refractivity (Wildman–Crippen MR) is 65.0 cm³/mol. The normalized spacial score (nSPS) is 14.4. The van der Waals surface area contributed by atoms with Crippen molar-refractivity contribution in [3.63, 3.8) is 0 Å². The predicted octanol–water partition coefficient (Wildman–Crippen LogP) is 2.97. The molecule has 0 aliphatic heterocycles. The van der Waals surface area contributed by atoms with E-state index >= 15 is 0 Å². The second-order valence-corrected chi connectivity index (χ2v) is 5.72. The summed E-state index contributed by atoms with van der Waals surface area (Å²) in [4.78, 5) is 3.63. The van der Waals surface area contributed by atoms with Crippen LogP contribution < -0.4 is 0 Å². The van der Waals surface area contributed by atoms with Gasteiger partial charge < -0.3 is 14.2 Å². The van der Waals surface area contributed by atoms with Crippen LogP contribution in [-0.4, -0.2) is 29.0 Å². The summed E-state index contributed by atoms with van der Waals surface area (Å²) in [6.45, 7) is 2.40. The lowest BCUT2D eigenvalue weighted by Crippen LogP contribution is -2.28. The molecule has 0 spiro atoms. The minimum atomic E-state index is -4.75. The van der Waals surface area contributed by atoms with E-state index in [1.807, 2.05) is 0 Å². The quantitative estimate of drug-likeness (QED) is 0.783. The van der Waals surface area contributed by atoms with E-state index in [-0.39, 0.29) is 18.8 Å². The van der Waals surface area contributed by atoms with E-state index in [2.05, 4.69) is 14.0 Å². The molecule has 0 saturated heterocycles. The summed E-state index contributed by atoms with van der Waals surface area (Å²) >= 11 is 0. The highest BCUT2D eigenvalue weighted by Crippen LogP contribution is 2.65. The molecule has 0 saturated carbocycles. The Morgan fingerprint density at radius 1 is 1.42 bits per heavy atom. The third kappa shape index (κ3) is 3.36. The lowest BCUT2D eigenvalue weighted by Gasteiger charge is -2.29. The van der Waals surface area contributed by atoms with Gasteiger partial charge >= 0.3 is 13.3 Å². The topological polar surface area (TPSA) is 68.7 Å². The molecule has 0 aromatic carbocycles. The van der Waals surface area contributed by atoms with Crippen molar-refractivity contribution in [3.8, 4) is 0 Å². The van der Waals surface area contributed by atoms with Gasteiger partial charge in [0.2, 0.25) is 0 Å². The number of nitrogens with zero attached hydrogens (tertiary/aromatic N) is 1.